The van der Waals surface area contributed by atoms with Gasteiger partial charge in [0.2, 0.25) is 5.90 Å². The molecule has 0 saturated heterocycles. The summed E-state index contributed by atoms with van der Waals surface area (Å²) in [6.45, 7) is 0.100. The molecule has 4 aromatic rings. The highest BCUT2D eigenvalue weighted by Gasteiger charge is 2.25. The van der Waals surface area contributed by atoms with Crippen LogP contribution in [0.4, 0.5) is 5.69 Å². The number of cyclic esters (lactones) is 1. The Morgan fingerprint density at radius 1 is 1.03 bits per heavy atom. The quantitative estimate of drug-likeness (QED) is 0.112. The average molecular weight is 559 g/mol. The summed E-state index contributed by atoms with van der Waals surface area (Å²) in [6.07, 6.45) is 1.61. The molecule has 0 aliphatic carbocycles. The Morgan fingerprint density at radius 2 is 1.84 bits per heavy atom. The van der Waals surface area contributed by atoms with Crippen LogP contribution < -0.4 is 9.47 Å². The zero-order valence-electron chi connectivity index (χ0n) is 19.5. The lowest BCUT2D eigenvalue weighted by Crippen LogP contribution is -2.05. The number of rotatable bonds is 7. The van der Waals surface area contributed by atoms with Gasteiger partial charge < -0.3 is 14.2 Å². The smallest absolute Gasteiger partial charge is 0.363 e. The summed E-state index contributed by atoms with van der Waals surface area (Å²) >= 11 is 3.49. The molecule has 4 aromatic carbocycles. The minimum absolute atomic E-state index is 0.0128. The van der Waals surface area contributed by atoms with Crippen molar-refractivity contribution in [2.45, 2.75) is 6.61 Å². The standard InChI is InChI=1S/C28H19BrN2O6/c1-35-25-14-18(12-23(29)26(25)36-16-17-5-4-8-22(11-17)31(33)34)13-24-28(32)37-27(30-24)21-10-9-19-6-2-3-7-20(19)15-21/h2-15H,16H2,1H3/b24-13-. The third-order valence-electron chi connectivity index (χ3n) is 5.68. The van der Waals surface area contributed by atoms with E-state index in [1.807, 2.05) is 42.5 Å². The number of nitro groups is 1. The summed E-state index contributed by atoms with van der Waals surface area (Å²) in [5.74, 6) is 0.524. The summed E-state index contributed by atoms with van der Waals surface area (Å²) in [5, 5.41) is 13.1. The van der Waals surface area contributed by atoms with Gasteiger partial charge in [0.25, 0.3) is 5.69 Å². The number of benzene rings is 4. The van der Waals surface area contributed by atoms with E-state index in [0.717, 1.165) is 10.8 Å². The normalized spacial score (nSPS) is 13.9. The van der Waals surface area contributed by atoms with Crippen molar-refractivity contribution in [3.63, 3.8) is 0 Å². The van der Waals surface area contributed by atoms with E-state index in [1.54, 1.807) is 30.3 Å². The van der Waals surface area contributed by atoms with E-state index in [0.29, 0.717) is 32.7 Å². The predicted octanol–water partition coefficient (Wildman–Crippen LogP) is 6.44. The molecule has 0 radical (unpaired) electrons. The van der Waals surface area contributed by atoms with E-state index in [1.165, 1.54) is 19.2 Å². The molecule has 0 spiro atoms. The number of methoxy groups -OCH3 is 1. The third kappa shape index (κ3) is 5.22. The van der Waals surface area contributed by atoms with Gasteiger partial charge in [0.05, 0.1) is 16.5 Å². The number of non-ortho nitro benzene ring substituents is 1. The van der Waals surface area contributed by atoms with Crippen LogP contribution in [0.5, 0.6) is 11.5 Å². The van der Waals surface area contributed by atoms with Crippen LogP contribution in [0.15, 0.2) is 94.0 Å². The van der Waals surface area contributed by atoms with Crippen molar-refractivity contribution in [1.29, 1.82) is 0 Å². The number of carbonyl (C=O) groups excluding carboxylic acids is 1. The van der Waals surface area contributed by atoms with Gasteiger partial charge in [-0.15, -0.1) is 0 Å². The monoisotopic (exact) mass is 558 g/mol. The first kappa shape index (κ1) is 24.2. The predicted molar refractivity (Wildman–Crippen MR) is 143 cm³/mol. The number of fused-ring (bicyclic) bond motifs is 1. The van der Waals surface area contributed by atoms with E-state index < -0.39 is 10.9 Å². The second-order valence-electron chi connectivity index (χ2n) is 8.15. The van der Waals surface area contributed by atoms with Gasteiger partial charge in [0, 0.05) is 17.7 Å². The number of aliphatic imine (C=N–C) groups is 1. The molecule has 37 heavy (non-hydrogen) atoms. The molecule has 5 rings (SSSR count). The van der Waals surface area contributed by atoms with E-state index in [-0.39, 0.29) is 23.9 Å². The average Bonchev–Trinajstić information content (AvgIpc) is 3.27. The number of carbonyl (C=O) groups is 1. The van der Waals surface area contributed by atoms with Crippen LogP contribution >= 0.6 is 15.9 Å². The molecule has 184 valence electrons. The van der Waals surface area contributed by atoms with Crippen molar-refractivity contribution in [1.82, 2.24) is 0 Å². The molecule has 0 amide bonds. The Labute approximate surface area is 220 Å². The van der Waals surface area contributed by atoms with E-state index in [2.05, 4.69) is 20.9 Å². The zero-order chi connectivity index (χ0) is 25.9. The molecule has 8 nitrogen and oxygen atoms in total. The number of hydrogen-bond acceptors (Lipinski definition) is 7. The number of ether oxygens (including phenoxy) is 3. The molecule has 1 aliphatic rings. The lowest BCUT2D eigenvalue weighted by Gasteiger charge is -2.13. The first-order valence-corrected chi connectivity index (χ1v) is 12.0. The molecular formula is C28H19BrN2O6. The van der Waals surface area contributed by atoms with Gasteiger partial charge in [-0.1, -0.05) is 42.5 Å². The maximum Gasteiger partial charge on any atom is 0.363 e. The van der Waals surface area contributed by atoms with E-state index >= 15 is 0 Å². The van der Waals surface area contributed by atoms with Crippen LogP contribution in [-0.2, 0) is 16.1 Å². The largest absolute Gasteiger partial charge is 0.493 e. The molecule has 1 aliphatic heterocycles. The van der Waals surface area contributed by atoms with Crippen LogP contribution in [0.3, 0.4) is 0 Å². The summed E-state index contributed by atoms with van der Waals surface area (Å²) in [6, 6.07) is 23.3. The number of halogens is 1. The van der Waals surface area contributed by atoms with E-state index in [9.17, 15) is 14.9 Å². The van der Waals surface area contributed by atoms with Crippen LogP contribution in [0, 0.1) is 10.1 Å². The molecule has 0 aromatic heterocycles. The highest BCUT2D eigenvalue weighted by atomic mass is 79.9. The molecule has 0 saturated carbocycles. The molecule has 0 bridgehead atoms. The fourth-order valence-electron chi connectivity index (χ4n) is 3.89. The highest BCUT2D eigenvalue weighted by molar-refractivity contribution is 9.10. The fraction of sp³-hybridized carbons (Fsp3) is 0.0714. The summed E-state index contributed by atoms with van der Waals surface area (Å²) in [7, 11) is 1.50. The van der Waals surface area contributed by atoms with Crippen LogP contribution in [0.25, 0.3) is 16.8 Å². The van der Waals surface area contributed by atoms with Crippen molar-refractivity contribution in [3.8, 4) is 11.5 Å². The molecular weight excluding hydrogens is 540 g/mol. The van der Waals surface area contributed by atoms with Crippen molar-refractivity contribution in [2.24, 2.45) is 4.99 Å². The van der Waals surface area contributed by atoms with Crippen molar-refractivity contribution < 1.29 is 23.9 Å². The second-order valence-corrected chi connectivity index (χ2v) is 9.00. The van der Waals surface area contributed by atoms with Crippen LogP contribution in [0.1, 0.15) is 16.7 Å². The Balaban J connectivity index is 1.39. The fourth-order valence-corrected chi connectivity index (χ4v) is 4.47. The lowest BCUT2D eigenvalue weighted by atomic mass is 10.1. The highest BCUT2D eigenvalue weighted by Crippen LogP contribution is 2.38. The Hall–Kier alpha value is -4.50. The minimum Gasteiger partial charge on any atom is -0.493 e. The van der Waals surface area contributed by atoms with Crippen molar-refractivity contribution in [3.05, 3.63) is 116 Å². The lowest BCUT2D eigenvalue weighted by molar-refractivity contribution is -0.384. The first-order chi connectivity index (χ1) is 17.9. The second kappa shape index (κ2) is 10.2. The molecule has 0 fully saturated rings. The maximum absolute atomic E-state index is 12.5. The summed E-state index contributed by atoms with van der Waals surface area (Å²) in [5.41, 5.74) is 2.13. The zero-order valence-corrected chi connectivity index (χ0v) is 21.1. The van der Waals surface area contributed by atoms with Crippen LogP contribution in [0.2, 0.25) is 0 Å². The summed E-state index contributed by atoms with van der Waals surface area (Å²) < 4.78 is 17.4. The Kier molecular flexibility index (Phi) is 6.70. The summed E-state index contributed by atoms with van der Waals surface area (Å²) in [4.78, 5) is 27.5. The SMILES string of the molecule is COc1cc(/C=C2\N=C(c3ccc4ccccc4c3)OC2=O)cc(Br)c1OCc1cccc([N+](=O)[O-])c1. The molecule has 0 unspecified atom stereocenters. The number of esters is 1. The number of nitrogens with zero attached hydrogens (tertiary/aromatic N) is 2. The Bertz CT molecular complexity index is 1610. The maximum atomic E-state index is 12.5. The first-order valence-electron chi connectivity index (χ1n) is 11.2. The van der Waals surface area contributed by atoms with Gasteiger partial charge in [0.1, 0.15) is 6.61 Å². The molecule has 1 heterocycles. The van der Waals surface area contributed by atoms with Gasteiger partial charge in [-0.25, -0.2) is 9.79 Å². The molecule has 0 atom stereocenters. The van der Waals surface area contributed by atoms with Crippen molar-refractivity contribution >= 4 is 50.3 Å². The third-order valence-corrected chi connectivity index (χ3v) is 6.27. The van der Waals surface area contributed by atoms with Crippen molar-refractivity contribution in [2.75, 3.05) is 7.11 Å². The van der Waals surface area contributed by atoms with E-state index in [4.69, 9.17) is 14.2 Å². The van der Waals surface area contributed by atoms with Crippen LogP contribution in [-0.4, -0.2) is 23.9 Å². The molecule has 0 N–H and O–H groups in total. The minimum atomic E-state index is -0.552. The number of hydrogen-bond donors (Lipinski definition) is 0. The topological polar surface area (TPSA) is 100 Å². The van der Waals surface area contributed by atoms with Gasteiger partial charge in [0.15, 0.2) is 17.2 Å². The Morgan fingerprint density at radius 3 is 2.62 bits per heavy atom. The van der Waals surface area contributed by atoms with Gasteiger partial charge >= 0.3 is 5.97 Å². The van der Waals surface area contributed by atoms with Gasteiger partial charge in [-0.2, -0.15) is 0 Å². The number of nitro benzene ring substituents is 1. The van der Waals surface area contributed by atoms with Gasteiger partial charge in [-0.3, -0.25) is 10.1 Å². The molecule has 9 heteroatoms. The van der Waals surface area contributed by atoms with Gasteiger partial charge in [-0.05, 0) is 68.2 Å².